The quantitative estimate of drug-likeness (QED) is 0.609. The Hall–Kier alpha value is -1.65. The SMILES string of the molecule is CCCC(CC)Nc1nccc(C)c1[N+](=O)[O-]. The molecule has 0 fully saturated rings. The van der Waals surface area contributed by atoms with Crippen molar-refractivity contribution in [1.29, 1.82) is 0 Å². The summed E-state index contributed by atoms with van der Waals surface area (Å²) in [6.07, 6.45) is 4.57. The Kier molecular flexibility index (Phi) is 4.87. The molecule has 0 aromatic carbocycles. The smallest absolute Gasteiger partial charge is 0.314 e. The summed E-state index contributed by atoms with van der Waals surface area (Å²) in [5, 5.41) is 14.2. The van der Waals surface area contributed by atoms with Gasteiger partial charge in [-0.05, 0) is 25.8 Å². The summed E-state index contributed by atoms with van der Waals surface area (Å²) in [7, 11) is 0. The topological polar surface area (TPSA) is 68.1 Å². The molecule has 0 saturated heterocycles. The Morgan fingerprint density at radius 3 is 2.76 bits per heavy atom. The number of aromatic nitrogens is 1. The summed E-state index contributed by atoms with van der Waals surface area (Å²) in [5.41, 5.74) is 0.723. The summed E-state index contributed by atoms with van der Waals surface area (Å²) in [5.74, 6) is 0.385. The predicted molar refractivity (Wildman–Crippen MR) is 68.2 cm³/mol. The number of hydrogen-bond acceptors (Lipinski definition) is 4. The lowest BCUT2D eigenvalue weighted by atomic mass is 10.1. The Morgan fingerprint density at radius 2 is 2.24 bits per heavy atom. The van der Waals surface area contributed by atoms with Crippen LogP contribution in [0.2, 0.25) is 0 Å². The average Bonchev–Trinajstić information content (AvgIpc) is 2.28. The van der Waals surface area contributed by atoms with Crippen LogP contribution in [0.3, 0.4) is 0 Å². The number of nitrogens with zero attached hydrogens (tertiary/aromatic N) is 2. The van der Waals surface area contributed by atoms with Crippen molar-refractivity contribution in [2.45, 2.75) is 46.1 Å². The Bertz CT molecular complexity index is 393. The molecular formula is C12H19N3O2. The summed E-state index contributed by atoms with van der Waals surface area (Å²) in [6.45, 7) is 5.89. The van der Waals surface area contributed by atoms with Crippen LogP contribution in [0.25, 0.3) is 0 Å². The van der Waals surface area contributed by atoms with Crippen molar-refractivity contribution in [1.82, 2.24) is 4.98 Å². The van der Waals surface area contributed by atoms with Gasteiger partial charge in [0.1, 0.15) is 0 Å². The summed E-state index contributed by atoms with van der Waals surface area (Å²) in [6, 6.07) is 1.90. The van der Waals surface area contributed by atoms with Crippen molar-refractivity contribution in [2.75, 3.05) is 5.32 Å². The molecule has 5 nitrogen and oxygen atoms in total. The highest BCUT2D eigenvalue weighted by molar-refractivity contribution is 5.60. The molecule has 1 N–H and O–H groups in total. The number of nitro groups is 1. The normalized spacial score (nSPS) is 12.2. The van der Waals surface area contributed by atoms with Gasteiger partial charge in [0.15, 0.2) is 0 Å². The van der Waals surface area contributed by atoms with E-state index in [-0.39, 0.29) is 16.7 Å². The van der Waals surface area contributed by atoms with Gasteiger partial charge in [0.05, 0.1) is 4.92 Å². The number of nitrogens with one attached hydrogen (secondary N) is 1. The minimum Gasteiger partial charge on any atom is -0.362 e. The largest absolute Gasteiger partial charge is 0.362 e. The molecule has 1 heterocycles. The molecule has 94 valence electrons. The molecule has 17 heavy (non-hydrogen) atoms. The van der Waals surface area contributed by atoms with Gasteiger partial charge in [-0.2, -0.15) is 0 Å². The Labute approximate surface area is 101 Å². The lowest BCUT2D eigenvalue weighted by Gasteiger charge is -2.16. The zero-order valence-corrected chi connectivity index (χ0v) is 10.6. The van der Waals surface area contributed by atoms with Gasteiger partial charge in [0, 0.05) is 17.8 Å². The molecule has 0 saturated carbocycles. The van der Waals surface area contributed by atoms with Crippen molar-refractivity contribution in [3.63, 3.8) is 0 Å². The van der Waals surface area contributed by atoms with Crippen LogP contribution < -0.4 is 5.32 Å². The zero-order chi connectivity index (χ0) is 12.8. The van der Waals surface area contributed by atoms with E-state index < -0.39 is 0 Å². The molecule has 0 aliphatic rings. The second-order valence-corrected chi connectivity index (χ2v) is 4.12. The maximum atomic E-state index is 11.0. The third-order valence-electron chi connectivity index (χ3n) is 2.78. The van der Waals surface area contributed by atoms with Crippen LogP contribution in [-0.2, 0) is 0 Å². The van der Waals surface area contributed by atoms with Gasteiger partial charge in [0.25, 0.3) is 0 Å². The Balaban J connectivity index is 2.97. The standard InChI is InChI=1S/C12H19N3O2/c1-4-6-10(5-2)14-12-11(15(16)17)9(3)7-8-13-12/h7-8,10H,4-6H2,1-3H3,(H,13,14). The van der Waals surface area contributed by atoms with Gasteiger partial charge in [-0.1, -0.05) is 20.3 Å². The zero-order valence-electron chi connectivity index (χ0n) is 10.6. The number of pyridine rings is 1. The molecule has 0 bridgehead atoms. The van der Waals surface area contributed by atoms with E-state index in [1.165, 1.54) is 0 Å². The first-order chi connectivity index (χ1) is 8.10. The van der Waals surface area contributed by atoms with E-state index >= 15 is 0 Å². The molecule has 5 heteroatoms. The fourth-order valence-corrected chi connectivity index (χ4v) is 1.81. The molecule has 1 atom stereocenters. The van der Waals surface area contributed by atoms with Crippen molar-refractivity contribution in [3.05, 3.63) is 27.9 Å². The van der Waals surface area contributed by atoms with Crippen molar-refractivity contribution < 1.29 is 4.92 Å². The average molecular weight is 237 g/mol. The minimum absolute atomic E-state index is 0.0852. The first-order valence-corrected chi connectivity index (χ1v) is 5.96. The van der Waals surface area contributed by atoms with Crippen LogP contribution in [0.4, 0.5) is 11.5 Å². The van der Waals surface area contributed by atoms with Gasteiger partial charge >= 0.3 is 5.69 Å². The molecular weight excluding hydrogens is 218 g/mol. The summed E-state index contributed by atoms with van der Waals surface area (Å²) in [4.78, 5) is 14.7. The monoisotopic (exact) mass is 237 g/mol. The van der Waals surface area contributed by atoms with Gasteiger partial charge in [-0.3, -0.25) is 10.1 Å². The third-order valence-corrected chi connectivity index (χ3v) is 2.78. The van der Waals surface area contributed by atoms with Crippen molar-refractivity contribution in [3.8, 4) is 0 Å². The van der Waals surface area contributed by atoms with Gasteiger partial charge in [0.2, 0.25) is 5.82 Å². The van der Waals surface area contributed by atoms with E-state index in [0.29, 0.717) is 11.4 Å². The van der Waals surface area contributed by atoms with E-state index in [2.05, 4.69) is 24.1 Å². The van der Waals surface area contributed by atoms with Crippen LogP contribution in [-0.4, -0.2) is 15.9 Å². The van der Waals surface area contributed by atoms with E-state index in [0.717, 1.165) is 19.3 Å². The highest BCUT2D eigenvalue weighted by Crippen LogP contribution is 2.26. The highest BCUT2D eigenvalue weighted by atomic mass is 16.6. The van der Waals surface area contributed by atoms with Crippen LogP contribution in [0.1, 0.15) is 38.7 Å². The van der Waals surface area contributed by atoms with E-state index in [1.807, 2.05) is 0 Å². The molecule has 0 aliphatic heterocycles. The second kappa shape index (κ2) is 6.18. The maximum Gasteiger partial charge on any atom is 0.314 e. The minimum atomic E-state index is -0.372. The first-order valence-electron chi connectivity index (χ1n) is 5.96. The fourth-order valence-electron chi connectivity index (χ4n) is 1.81. The number of aryl methyl sites for hydroxylation is 1. The Morgan fingerprint density at radius 1 is 1.53 bits per heavy atom. The predicted octanol–water partition coefficient (Wildman–Crippen LogP) is 3.29. The summed E-state index contributed by atoms with van der Waals surface area (Å²) < 4.78 is 0. The fraction of sp³-hybridized carbons (Fsp3) is 0.583. The molecule has 0 aliphatic carbocycles. The molecule has 0 amide bonds. The maximum absolute atomic E-state index is 11.0. The molecule has 1 aromatic heterocycles. The number of anilines is 1. The van der Waals surface area contributed by atoms with Crippen LogP contribution in [0, 0.1) is 17.0 Å². The lowest BCUT2D eigenvalue weighted by molar-refractivity contribution is -0.384. The second-order valence-electron chi connectivity index (χ2n) is 4.12. The summed E-state index contributed by atoms with van der Waals surface area (Å²) >= 11 is 0. The van der Waals surface area contributed by atoms with Crippen LogP contribution in [0.5, 0.6) is 0 Å². The van der Waals surface area contributed by atoms with Crippen molar-refractivity contribution in [2.24, 2.45) is 0 Å². The molecule has 1 unspecified atom stereocenters. The first kappa shape index (κ1) is 13.4. The van der Waals surface area contributed by atoms with E-state index in [4.69, 9.17) is 0 Å². The van der Waals surface area contributed by atoms with Crippen LogP contribution in [0.15, 0.2) is 12.3 Å². The molecule has 0 spiro atoms. The van der Waals surface area contributed by atoms with Crippen molar-refractivity contribution >= 4 is 11.5 Å². The number of hydrogen-bond donors (Lipinski definition) is 1. The molecule has 0 radical (unpaired) electrons. The van der Waals surface area contributed by atoms with Crippen LogP contribution >= 0.6 is 0 Å². The van der Waals surface area contributed by atoms with E-state index in [1.54, 1.807) is 19.2 Å². The lowest BCUT2D eigenvalue weighted by Crippen LogP contribution is -2.19. The highest BCUT2D eigenvalue weighted by Gasteiger charge is 2.20. The molecule has 1 rings (SSSR count). The van der Waals surface area contributed by atoms with Gasteiger partial charge < -0.3 is 5.32 Å². The van der Waals surface area contributed by atoms with Gasteiger partial charge in [-0.15, -0.1) is 0 Å². The third kappa shape index (κ3) is 3.41. The van der Waals surface area contributed by atoms with Gasteiger partial charge in [-0.25, -0.2) is 4.98 Å². The van der Waals surface area contributed by atoms with E-state index in [9.17, 15) is 10.1 Å². The number of rotatable bonds is 6. The molecule has 1 aromatic rings.